The number of carboxylic acid groups (broad SMARTS) is 1. The molecule has 1 saturated heterocycles. The molecule has 5 nitrogen and oxygen atoms in total. The molecule has 2 rings (SSSR count). The summed E-state index contributed by atoms with van der Waals surface area (Å²) in [5, 5.41) is 9.19. The lowest BCUT2D eigenvalue weighted by atomic mass is 9.83. The van der Waals surface area contributed by atoms with Crippen molar-refractivity contribution in [1.82, 2.24) is 9.80 Å². The van der Waals surface area contributed by atoms with Crippen LogP contribution in [0, 0.1) is 11.8 Å². The topological polar surface area (TPSA) is 60.9 Å². The molecule has 100 valence electrons. The summed E-state index contributed by atoms with van der Waals surface area (Å²) >= 11 is 0. The third kappa shape index (κ3) is 2.72. The Balaban J connectivity index is 2.04. The molecular formula is C13H20N2O3. The molecule has 1 aliphatic carbocycles. The summed E-state index contributed by atoms with van der Waals surface area (Å²) in [4.78, 5) is 27.5. The number of likely N-dealkylation sites (N-methyl/N-ethyl adjacent to an activating group) is 1. The Kier molecular flexibility index (Phi) is 4.01. The largest absolute Gasteiger partial charge is 0.481 e. The van der Waals surface area contributed by atoms with Crippen molar-refractivity contribution < 1.29 is 14.7 Å². The first kappa shape index (κ1) is 13.1. The summed E-state index contributed by atoms with van der Waals surface area (Å²) < 4.78 is 0. The van der Waals surface area contributed by atoms with Gasteiger partial charge in [0.1, 0.15) is 0 Å². The average Bonchev–Trinajstić information content (AvgIpc) is 2.39. The molecule has 18 heavy (non-hydrogen) atoms. The highest BCUT2D eigenvalue weighted by Crippen LogP contribution is 2.27. The standard InChI is InChI=1S/C13H20N2O3/c1-14-6-8-15(9-7-14)12(16)10-4-2-3-5-11(10)13(17)18/h2,4,10-11H,3,5-9H2,1H3,(H,17,18). The Morgan fingerprint density at radius 2 is 1.89 bits per heavy atom. The van der Waals surface area contributed by atoms with Crippen molar-refractivity contribution in [2.75, 3.05) is 33.2 Å². The molecule has 0 aromatic carbocycles. The Morgan fingerprint density at radius 1 is 1.22 bits per heavy atom. The highest BCUT2D eigenvalue weighted by Gasteiger charge is 2.36. The maximum atomic E-state index is 12.4. The molecule has 1 fully saturated rings. The van der Waals surface area contributed by atoms with Crippen LogP contribution in [0.4, 0.5) is 0 Å². The van der Waals surface area contributed by atoms with Gasteiger partial charge in [-0.05, 0) is 19.9 Å². The number of carboxylic acids is 1. The van der Waals surface area contributed by atoms with Gasteiger partial charge in [0.25, 0.3) is 0 Å². The molecule has 1 heterocycles. The van der Waals surface area contributed by atoms with Crippen LogP contribution in [0.2, 0.25) is 0 Å². The highest BCUT2D eigenvalue weighted by molar-refractivity contribution is 5.86. The van der Waals surface area contributed by atoms with Crippen molar-refractivity contribution in [3.8, 4) is 0 Å². The van der Waals surface area contributed by atoms with Crippen molar-refractivity contribution in [1.29, 1.82) is 0 Å². The second kappa shape index (κ2) is 5.52. The number of carbonyl (C=O) groups is 2. The zero-order chi connectivity index (χ0) is 13.1. The van der Waals surface area contributed by atoms with Gasteiger partial charge in [0.2, 0.25) is 5.91 Å². The molecule has 0 saturated carbocycles. The van der Waals surface area contributed by atoms with Crippen molar-refractivity contribution in [2.45, 2.75) is 12.8 Å². The van der Waals surface area contributed by atoms with Gasteiger partial charge in [-0.25, -0.2) is 0 Å². The number of carbonyl (C=O) groups excluding carboxylic acids is 1. The molecule has 2 aliphatic rings. The minimum atomic E-state index is -0.855. The Labute approximate surface area is 107 Å². The van der Waals surface area contributed by atoms with Gasteiger partial charge in [0.05, 0.1) is 11.8 Å². The van der Waals surface area contributed by atoms with Crippen LogP contribution in [-0.4, -0.2) is 60.0 Å². The summed E-state index contributed by atoms with van der Waals surface area (Å²) in [6.07, 6.45) is 5.03. The quantitative estimate of drug-likeness (QED) is 0.724. The van der Waals surface area contributed by atoms with Crippen LogP contribution < -0.4 is 0 Å². The number of rotatable bonds is 2. The molecule has 1 amide bonds. The van der Waals surface area contributed by atoms with Crippen LogP contribution in [-0.2, 0) is 9.59 Å². The Morgan fingerprint density at radius 3 is 2.50 bits per heavy atom. The van der Waals surface area contributed by atoms with Crippen LogP contribution in [0.25, 0.3) is 0 Å². The maximum absolute atomic E-state index is 12.4. The van der Waals surface area contributed by atoms with E-state index < -0.39 is 17.8 Å². The second-order valence-corrected chi connectivity index (χ2v) is 5.10. The fourth-order valence-electron chi connectivity index (χ4n) is 2.60. The van der Waals surface area contributed by atoms with Crippen LogP contribution in [0.5, 0.6) is 0 Å². The van der Waals surface area contributed by atoms with Crippen LogP contribution >= 0.6 is 0 Å². The molecule has 0 aromatic heterocycles. The molecule has 1 aliphatic heterocycles. The number of allylic oxidation sites excluding steroid dienone is 1. The van der Waals surface area contributed by atoms with Crippen molar-refractivity contribution in [3.05, 3.63) is 12.2 Å². The maximum Gasteiger partial charge on any atom is 0.307 e. The van der Waals surface area contributed by atoms with Gasteiger partial charge in [-0.1, -0.05) is 12.2 Å². The van der Waals surface area contributed by atoms with E-state index in [4.69, 9.17) is 0 Å². The summed E-state index contributed by atoms with van der Waals surface area (Å²) in [6.45, 7) is 3.12. The smallest absolute Gasteiger partial charge is 0.307 e. The van der Waals surface area contributed by atoms with E-state index in [1.54, 1.807) is 11.0 Å². The van der Waals surface area contributed by atoms with E-state index in [1.807, 2.05) is 13.1 Å². The lowest BCUT2D eigenvalue weighted by molar-refractivity contribution is -0.150. The Bertz CT molecular complexity index is 359. The molecule has 2 unspecified atom stereocenters. The highest BCUT2D eigenvalue weighted by atomic mass is 16.4. The zero-order valence-electron chi connectivity index (χ0n) is 10.7. The third-order valence-electron chi connectivity index (χ3n) is 3.84. The van der Waals surface area contributed by atoms with Crippen molar-refractivity contribution >= 4 is 11.9 Å². The summed E-state index contributed by atoms with van der Waals surface area (Å²) in [5.41, 5.74) is 0. The molecule has 1 N–H and O–H groups in total. The van der Waals surface area contributed by atoms with Gasteiger partial charge in [-0.2, -0.15) is 0 Å². The van der Waals surface area contributed by atoms with Gasteiger partial charge >= 0.3 is 5.97 Å². The zero-order valence-corrected chi connectivity index (χ0v) is 10.7. The van der Waals surface area contributed by atoms with E-state index in [0.717, 1.165) is 19.5 Å². The van der Waals surface area contributed by atoms with Gasteiger partial charge in [-0.15, -0.1) is 0 Å². The predicted molar refractivity (Wildman–Crippen MR) is 67.1 cm³/mol. The predicted octanol–water partition coefficient (Wildman–Crippen LogP) is 0.427. The SMILES string of the molecule is CN1CCN(C(=O)C2C=CCCC2C(=O)O)CC1. The minimum absolute atomic E-state index is 0.0218. The lowest BCUT2D eigenvalue weighted by Gasteiger charge is -2.35. The first-order valence-corrected chi connectivity index (χ1v) is 6.46. The van der Waals surface area contributed by atoms with Gasteiger partial charge < -0.3 is 14.9 Å². The van der Waals surface area contributed by atoms with Crippen molar-refractivity contribution in [3.63, 3.8) is 0 Å². The molecule has 0 aromatic rings. The molecule has 0 bridgehead atoms. The first-order chi connectivity index (χ1) is 8.59. The van der Waals surface area contributed by atoms with Crippen LogP contribution in [0.15, 0.2) is 12.2 Å². The van der Waals surface area contributed by atoms with Gasteiger partial charge in [-0.3, -0.25) is 9.59 Å². The monoisotopic (exact) mass is 252 g/mol. The van der Waals surface area contributed by atoms with E-state index >= 15 is 0 Å². The molecule has 0 spiro atoms. The van der Waals surface area contributed by atoms with E-state index in [2.05, 4.69) is 4.90 Å². The molecule has 5 heteroatoms. The number of hydrogen-bond acceptors (Lipinski definition) is 3. The fraction of sp³-hybridized carbons (Fsp3) is 0.692. The third-order valence-corrected chi connectivity index (χ3v) is 3.84. The van der Waals surface area contributed by atoms with E-state index in [0.29, 0.717) is 19.5 Å². The molecular weight excluding hydrogens is 232 g/mol. The van der Waals surface area contributed by atoms with E-state index in [9.17, 15) is 14.7 Å². The Hall–Kier alpha value is -1.36. The number of hydrogen-bond donors (Lipinski definition) is 1. The summed E-state index contributed by atoms with van der Waals surface area (Å²) in [6, 6.07) is 0. The first-order valence-electron chi connectivity index (χ1n) is 6.46. The number of nitrogens with zero attached hydrogens (tertiary/aromatic N) is 2. The fourth-order valence-corrected chi connectivity index (χ4v) is 2.60. The molecule has 0 radical (unpaired) electrons. The summed E-state index contributed by atoms with van der Waals surface area (Å²) in [5.74, 6) is -1.90. The van der Waals surface area contributed by atoms with Crippen molar-refractivity contribution in [2.24, 2.45) is 11.8 Å². The molecule has 2 atom stereocenters. The normalized spacial score (nSPS) is 29.3. The minimum Gasteiger partial charge on any atom is -0.481 e. The van der Waals surface area contributed by atoms with Gasteiger partial charge in [0.15, 0.2) is 0 Å². The summed E-state index contributed by atoms with van der Waals surface area (Å²) in [7, 11) is 2.03. The average molecular weight is 252 g/mol. The van der Waals surface area contributed by atoms with E-state index in [-0.39, 0.29) is 5.91 Å². The number of piperazine rings is 1. The number of amides is 1. The van der Waals surface area contributed by atoms with Crippen LogP contribution in [0.1, 0.15) is 12.8 Å². The van der Waals surface area contributed by atoms with Gasteiger partial charge in [0, 0.05) is 26.2 Å². The van der Waals surface area contributed by atoms with Crippen LogP contribution in [0.3, 0.4) is 0 Å². The van der Waals surface area contributed by atoms with E-state index in [1.165, 1.54) is 0 Å². The number of aliphatic carboxylic acids is 1. The lowest BCUT2D eigenvalue weighted by Crippen LogP contribution is -2.50. The second-order valence-electron chi connectivity index (χ2n) is 5.10.